The van der Waals surface area contributed by atoms with Crippen molar-refractivity contribution in [1.29, 1.82) is 0 Å². The van der Waals surface area contributed by atoms with Crippen LogP contribution in [0.2, 0.25) is 0 Å². The number of amides is 2. The SMILES string of the molecule is C=CC(=O)Nc1cc(-c2nccc(-c3cc4c([nH]3)CCNC4=O)n2)ccc1OCCOC.CC. The van der Waals surface area contributed by atoms with Crippen LogP contribution in [0.4, 0.5) is 5.69 Å². The van der Waals surface area contributed by atoms with E-state index in [1.165, 1.54) is 6.08 Å². The maximum absolute atomic E-state index is 12.1. The number of carbonyl (C=O) groups is 2. The molecular formula is C25H29N5O4. The summed E-state index contributed by atoms with van der Waals surface area (Å²) in [5.74, 6) is 0.524. The number of ether oxygens (including phenoxy) is 2. The molecule has 0 fully saturated rings. The van der Waals surface area contributed by atoms with E-state index >= 15 is 0 Å². The number of methoxy groups -OCH3 is 1. The van der Waals surface area contributed by atoms with Crippen LogP contribution in [-0.4, -0.2) is 53.6 Å². The van der Waals surface area contributed by atoms with Gasteiger partial charge in [0.25, 0.3) is 5.91 Å². The highest BCUT2D eigenvalue weighted by Crippen LogP contribution is 2.31. The lowest BCUT2D eigenvalue weighted by atomic mass is 10.1. The maximum atomic E-state index is 12.1. The highest BCUT2D eigenvalue weighted by atomic mass is 16.5. The van der Waals surface area contributed by atoms with Crippen molar-refractivity contribution in [2.75, 3.05) is 32.2 Å². The zero-order valence-electron chi connectivity index (χ0n) is 19.6. The van der Waals surface area contributed by atoms with Gasteiger partial charge in [0, 0.05) is 37.5 Å². The summed E-state index contributed by atoms with van der Waals surface area (Å²) < 4.78 is 10.7. The number of H-pyrrole nitrogens is 1. The molecular weight excluding hydrogens is 434 g/mol. The molecule has 178 valence electrons. The fraction of sp³-hybridized carbons (Fsp3) is 0.280. The van der Waals surface area contributed by atoms with Crippen LogP contribution in [0.3, 0.4) is 0 Å². The summed E-state index contributed by atoms with van der Waals surface area (Å²) in [6, 6.07) is 8.89. The largest absolute Gasteiger partial charge is 0.489 e. The Bertz CT molecular complexity index is 1170. The number of aromatic nitrogens is 3. The van der Waals surface area contributed by atoms with Crippen LogP contribution >= 0.6 is 0 Å². The van der Waals surface area contributed by atoms with Gasteiger partial charge in [-0.05, 0) is 36.4 Å². The van der Waals surface area contributed by atoms with Crippen LogP contribution in [0.1, 0.15) is 29.9 Å². The summed E-state index contributed by atoms with van der Waals surface area (Å²) in [5.41, 5.74) is 4.11. The van der Waals surface area contributed by atoms with Gasteiger partial charge >= 0.3 is 0 Å². The number of hydrogen-bond acceptors (Lipinski definition) is 6. The van der Waals surface area contributed by atoms with Gasteiger partial charge < -0.3 is 25.1 Å². The van der Waals surface area contributed by atoms with E-state index in [-0.39, 0.29) is 11.8 Å². The summed E-state index contributed by atoms with van der Waals surface area (Å²) in [6.45, 7) is 8.85. The highest BCUT2D eigenvalue weighted by Gasteiger charge is 2.20. The molecule has 0 saturated heterocycles. The van der Waals surface area contributed by atoms with E-state index in [1.807, 2.05) is 19.9 Å². The van der Waals surface area contributed by atoms with Crippen LogP contribution in [0.5, 0.6) is 5.75 Å². The van der Waals surface area contributed by atoms with Crippen molar-refractivity contribution in [3.63, 3.8) is 0 Å². The molecule has 0 radical (unpaired) electrons. The Balaban J connectivity index is 0.00000158. The van der Waals surface area contributed by atoms with Crippen molar-refractivity contribution in [3.05, 3.63) is 60.4 Å². The van der Waals surface area contributed by atoms with Crippen LogP contribution < -0.4 is 15.4 Å². The van der Waals surface area contributed by atoms with E-state index in [1.54, 1.807) is 37.6 Å². The summed E-state index contributed by atoms with van der Waals surface area (Å²) in [4.78, 5) is 36.3. The quantitative estimate of drug-likeness (QED) is 0.347. The molecule has 0 spiro atoms. The lowest BCUT2D eigenvalue weighted by Gasteiger charge is -2.13. The van der Waals surface area contributed by atoms with Gasteiger partial charge in [0.05, 0.1) is 29.2 Å². The second kappa shape index (κ2) is 11.8. The number of carbonyl (C=O) groups excluding carboxylic acids is 2. The van der Waals surface area contributed by atoms with Crippen molar-refractivity contribution in [2.24, 2.45) is 0 Å². The van der Waals surface area contributed by atoms with E-state index in [2.05, 4.69) is 32.2 Å². The van der Waals surface area contributed by atoms with Crippen LogP contribution in [0.25, 0.3) is 22.8 Å². The number of benzene rings is 1. The predicted molar refractivity (Wildman–Crippen MR) is 131 cm³/mol. The molecule has 2 amide bonds. The Kier molecular flexibility index (Phi) is 8.53. The molecule has 4 rings (SSSR count). The fourth-order valence-corrected chi connectivity index (χ4v) is 3.39. The lowest BCUT2D eigenvalue weighted by Crippen LogP contribution is -2.31. The second-order valence-corrected chi connectivity index (χ2v) is 7.09. The minimum absolute atomic E-state index is 0.0882. The first kappa shape index (κ1) is 24.7. The van der Waals surface area contributed by atoms with Gasteiger partial charge in [-0.25, -0.2) is 9.97 Å². The second-order valence-electron chi connectivity index (χ2n) is 7.09. The smallest absolute Gasteiger partial charge is 0.253 e. The molecule has 1 aromatic carbocycles. The molecule has 3 heterocycles. The van der Waals surface area contributed by atoms with Gasteiger partial charge in [-0.3, -0.25) is 9.59 Å². The van der Waals surface area contributed by atoms with Crippen molar-refractivity contribution >= 4 is 17.5 Å². The first-order chi connectivity index (χ1) is 16.6. The van der Waals surface area contributed by atoms with Gasteiger partial charge in [0.2, 0.25) is 5.91 Å². The zero-order valence-corrected chi connectivity index (χ0v) is 19.6. The molecule has 34 heavy (non-hydrogen) atoms. The molecule has 0 unspecified atom stereocenters. The molecule has 3 N–H and O–H groups in total. The van der Waals surface area contributed by atoms with Crippen LogP contribution in [0, 0.1) is 0 Å². The monoisotopic (exact) mass is 463 g/mol. The Morgan fingerprint density at radius 3 is 2.79 bits per heavy atom. The van der Waals surface area contributed by atoms with E-state index in [4.69, 9.17) is 9.47 Å². The maximum Gasteiger partial charge on any atom is 0.253 e. The number of hydrogen-bond donors (Lipinski definition) is 3. The van der Waals surface area contributed by atoms with Gasteiger partial charge in [0.15, 0.2) is 5.82 Å². The molecule has 9 nitrogen and oxygen atoms in total. The molecule has 9 heteroatoms. The van der Waals surface area contributed by atoms with Crippen molar-refractivity contribution in [2.45, 2.75) is 20.3 Å². The molecule has 0 saturated carbocycles. The summed E-state index contributed by atoms with van der Waals surface area (Å²) in [6.07, 6.45) is 3.59. The standard InChI is InChI=1S/C23H23N5O4.C2H6/c1-3-21(29)27-19-12-14(4-5-20(19)32-11-10-31-2)22-24-8-7-17(28-22)18-13-15-16(26-18)6-9-25-23(15)30;1-2/h3-5,7-8,12-13,26H,1,6,9-11H2,2H3,(H,25,30)(H,27,29);1-2H3. The summed E-state index contributed by atoms with van der Waals surface area (Å²) in [5, 5.41) is 5.59. The fourth-order valence-electron chi connectivity index (χ4n) is 3.39. The number of nitrogens with one attached hydrogen (secondary N) is 3. The molecule has 0 bridgehead atoms. The number of fused-ring (bicyclic) bond motifs is 1. The van der Waals surface area contributed by atoms with Gasteiger partial charge in [-0.2, -0.15) is 0 Å². The molecule has 1 aliphatic rings. The zero-order chi connectivity index (χ0) is 24.5. The molecule has 1 aliphatic heterocycles. The number of aromatic amines is 1. The topological polar surface area (TPSA) is 118 Å². The third-order valence-corrected chi connectivity index (χ3v) is 4.96. The average Bonchev–Trinajstić information content (AvgIpc) is 3.32. The Morgan fingerprint density at radius 2 is 2.06 bits per heavy atom. The number of rotatable bonds is 8. The Labute approximate surface area is 198 Å². The average molecular weight is 464 g/mol. The van der Waals surface area contributed by atoms with E-state index in [0.717, 1.165) is 17.8 Å². The molecule has 3 aromatic rings. The highest BCUT2D eigenvalue weighted by molar-refractivity contribution is 6.00. The number of anilines is 1. The normalized spacial score (nSPS) is 12.0. The Morgan fingerprint density at radius 1 is 1.24 bits per heavy atom. The number of nitrogens with zero attached hydrogens (tertiary/aromatic N) is 2. The molecule has 2 aromatic heterocycles. The molecule has 0 atom stereocenters. The van der Waals surface area contributed by atoms with Gasteiger partial charge in [0.1, 0.15) is 12.4 Å². The molecule has 0 aliphatic carbocycles. The van der Waals surface area contributed by atoms with Crippen LogP contribution in [-0.2, 0) is 16.0 Å². The third-order valence-electron chi connectivity index (χ3n) is 4.96. The minimum atomic E-state index is -0.358. The van der Waals surface area contributed by atoms with E-state index in [0.29, 0.717) is 53.8 Å². The predicted octanol–water partition coefficient (Wildman–Crippen LogP) is 3.60. The Hall–Kier alpha value is -3.98. The van der Waals surface area contributed by atoms with Crippen molar-refractivity contribution < 1.29 is 19.1 Å². The van der Waals surface area contributed by atoms with E-state index in [9.17, 15) is 9.59 Å². The lowest BCUT2D eigenvalue weighted by molar-refractivity contribution is -0.111. The third kappa shape index (κ3) is 5.68. The first-order valence-corrected chi connectivity index (χ1v) is 11.1. The summed E-state index contributed by atoms with van der Waals surface area (Å²) >= 11 is 0. The van der Waals surface area contributed by atoms with Gasteiger partial charge in [-0.1, -0.05) is 20.4 Å². The minimum Gasteiger partial charge on any atom is -0.489 e. The van der Waals surface area contributed by atoms with Gasteiger partial charge in [-0.15, -0.1) is 0 Å². The summed E-state index contributed by atoms with van der Waals surface area (Å²) in [7, 11) is 1.59. The van der Waals surface area contributed by atoms with Crippen molar-refractivity contribution in [3.8, 4) is 28.5 Å². The first-order valence-electron chi connectivity index (χ1n) is 11.1. The van der Waals surface area contributed by atoms with Crippen molar-refractivity contribution in [1.82, 2.24) is 20.3 Å². The van der Waals surface area contributed by atoms with E-state index < -0.39 is 0 Å². The van der Waals surface area contributed by atoms with Crippen LogP contribution in [0.15, 0.2) is 49.2 Å².